The van der Waals surface area contributed by atoms with Gasteiger partial charge in [0.05, 0.1) is 12.5 Å². The summed E-state index contributed by atoms with van der Waals surface area (Å²) in [4.78, 5) is 11.6. The molecule has 0 bridgehead atoms. The summed E-state index contributed by atoms with van der Waals surface area (Å²) < 4.78 is 5.16. The largest absolute Gasteiger partial charge is 0.381 e. The first kappa shape index (κ1) is 11.8. The van der Waals surface area contributed by atoms with E-state index in [2.05, 4.69) is 5.32 Å². The van der Waals surface area contributed by atoms with Gasteiger partial charge in [-0.05, 0) is 26.2 Å². The van der Waals surface area contributed by atoms with Crippen molar-refractivity contribution in [2.45, 2.75) is 32.2 Å². The molecule has 0 aromatic heterocycles. The Morgan fingerprint density at radius 3 is 3.07 bits per heavy atom. The van der Waals surface area contributed by atoms with Crippen molar-refractivity contribution >= 4 is 17.5 Å². The molecule has 3 nitrogen and oxygen atoms in total. The maximum Gasteiger partial charge on any atom is 0.225 e. The van der Waals surface area contributed by atoms with Gasteiger partial charge in [0.2, 0.25) is 5.91 Å². The first-order valence-electron chi connectivity index (χ1n) is 5.18. The minimum Gasteiger partial charge on any atom is -0.381 e. The van der Waals surface area contributed by atoms with Gasteiger partial charge in [0.25, 0.3) is 0 Å². The van der Waals surface area contributed by atoms with E-state index < -0.39 is 0 Å². The quantitative estimate of drug-likeness (QED) is 0.713. The fourth-order valence-corrected chi connectivity index (χ4v) is 1.71. The van der Waals surface area contributed by atoms with E-state index in [9.17, 15) is 4.79 Å². The van der Waals surface area contributed by atoms with Gasteiger partial charge in [-0.15, -0.1) is 11.6 Å². The first-order chi connectivity index (χ1) is 6.74. The van der Waals surface area contributed by atoms with E-state index in [0.29, 0.717) is 19.1 Å². The van der Waals surface area contributed by atoms with Gasteiger partial charge in [-0.1, -0.05) is 0 Å². The minimum absolute atomic E-state index is 0.0634. The van der Waals surface area contributed by atoms with Crippen LogP contribution < -0.4 is 5.32 Å². The Labute approximate surface area is 90.1 Å². The van der Waals surface area contributed by atoms with Crippen LogP contribution in [-0.2, 0) is 9.53 Å². The molecule has 4 heteroatoms. The van der Waals surface area contributed by atoms with E-state index >= 15 is 0 Å². The van der Waals surface area contributed by atoms with E-state index in [1.165, 1.54) is 0 Å². The average Bonchev–Trinajstić information content (AvgIpc) is 2.67. The molecule has 0 aromatic rings. The molecule has 1 saturated heterocycles. The maximum atomic E-state index is 11.6. The number of alkyl halides is 1. The summed E-state index contributed by atoms with van der Waals surface area (Å²) in [6.07, 6.45) is 2.75. The molecule has 1 fully saturated rings. The van der Waals surface area contributed by atoms with Gasteiger partial charge in [-0.25, -0.2) is 0 Å². The number of carbonyl (C=O) groups excluding carboxylic acids is 1. The highest BCUT2D eigenvalue weighted by molar-refractivity contribution is 6.17. The van der Waals surface area contributed by atoms with E-state index in [0.717, 1.165) is 19.3 Å². The number of carbonyl (C=O) groups is 1. The average molecular weight is 220 g/mol. The third-order valence-corrected chi connectivity index (χ3v) is 2.73. The number of rotatable bonds is 5. The smallest absolute Gasteiger partial charge is 0.225 e. The molecular formula is C10H18ClNO2. The van der Waals surface area contributed by atoms with Gasteiger partial charge < -0.3 is 10.1 Å². The lowest BCUT2D eigenvalue weighted by Gasteiger charge is -2.15. The van der Waals surface area contributed by atoms with E-state index in [1.807, 2.05) is 6.92 Å². The van der Waals surface area contributed by atoms with Gasteiger partial charge in [-0.2, -0.15) is 0 Å². The van der Waals surface area contributed by atoms with Crippen molar-refractivity contribution in [1.82, 2.24) is 5.32 Å². The van der Waals surface area contributed by atoms with Crippen LogP contribution in [-0.4, -0.2) is 31.0 Å². The second kappa shape index (κ2) is 6.25. The fraction of sp³-hybridized carbons (Fsp3) is 0.900. The molecule has 0 spiro atoms. The molecule has 1 aliphatic rings. The van der Waals surface area contributed by atoms with Crippen LogP contribution in [0.1, 0.15) is 26.2 Å². The molecule has 0 saturated carbocycles. The second-order valence-electron chi connectivity index (χ2n) is 3.80. The summed E-state index contributed by atoms with van der Waals surface area (Å²) in [5.41, 5.74) is 0. The normalized spacial score (nSPS) is 23.4. The summed E-state index contributed by atoms with van der Waals surface area (Å²) in [6, 6.07) is 0.224. The van der Waals surface area contributed by atoms with Crippen LogP contribution in [0.2, 0.25) is 0 Å². The predicted molar refractivity (Wildman–Crippen MR) is 56.5 cm³/mol. The Bertz CT molecular complexity index is 181. The van der Waals surface area contributed by atoms with Crippen LogP contribution in [0.5, 0.6) is 0 Å². The van der Waals surface area contributed by atoms with Crippen molar-refractivity contribution < 1.29 is 9.53 Å². The van der Waals surface area contributed by atoms with Gasteiger partial charge in [0.1, 0.15) is 0 Å². The minimum atomic E-state index is 0.0634. The van der Waals surface area contributed by atoms with Crippen molar-refractivity contribution in [3.8, 4) is 0 Å². The van der Waals surface area contributed by atoms with Crippen LogP contribution in [0.4, 0.5) is 0 Å². The third kappa shape index (κ3) is 3.84. The Balaban J connectivity index is 2.18. The van der Waals surface area contributed by atoms with E-state index in [-0.39, 0.29) is 17.9 Å². The highest BCUT2D eigenvalue weighted by Crippen LogP contribution is 2.12. The molecule has 82 valence electrons. The molecule has 0 radical (unpaired) electrons. The zero-order chi connectivity index (χ0) is 10.4. The molecule has 2 unspecified atom stereocenters. The zero-order valence-electron chi connectivity index (χ0n) is 8.59. The van der Waals surface area contributed by atoms with E-state index in [1.54, 1.807) is 0 Å². The van der Waals surface area contributed by atoms with Gasteiger partial charge in [0, 0.05) is 18.5 Å². The van der Waals surface area contributed by atoms with Crippen molar-refractivity contribution in [3.05, 3.63) is 0 Å². The summed E-state index contributed by atoms with van der Waals surface area (Å²) in [5, 5.41) is 2.98. The second-order valence-corrected chi connectivity index (χ2v) is 4.18. The Morgan fingerprint density at radius 2 is 2.50 bits per heavy atom. The topological polar surface area (TPSA) is 38.3 Å². The molecule has 2 atom stereocenters. The molecular weight excluding hydrogens is 202 g/mol. The Hall–Kier alpha value is -0.280. The van der Waals surface area contributed by atoms with Crippen LogP contribution in [0.25, 0.3) is 0 Å². The number of hydrogen-bond acceptors (Lipinski definition) is 2. The Morgan fingerprint density at radius 1 is 1.71 bits per heavy atom. The third-order valence-electron chi connectivity index (χ3n) is 2.46. The first-order valence-corrected chi connectivity index (χ1v) is 5.71. The molecule has 0 aromatic carbocycles. The van der Waals surface area contributed by atoms with Crippen molar-refractivity contribution in [3.63, 3.8) is 0 Å². The molecule has 1 heterocycles. The van der Waals surface area contributed by atoms with Crippen LogP contribution in [0, 0.1) is 5.92 Å². The lowest BCUT2D eigenvalue weighted by atomic mass is 10.1. The number of ether oxygens (including phenoxy) is 1. The lowest BCUT2D eigenvalue weighted by molar-refractivity contribution is -0.125. The number of amides is 1. The van der Waals surface area contributed by atoms with Crippen LogP contribution >= 0.6 is 11.6 Å². The zero-order valence-corrected chi connectivity index (χ0v) is 9.35. The summed E-state index contributed by atoms with van der Waals surface area (Å²) in [7, 11) is 0. The highest BCUT2D eigenvalue weighted by Gasteiger charge is 2.24. The summed E-state index contributed by atoms with van der Waals surface area (Å²) in [5.74, 6) is 0.852. The van der Waals surface area contributed by atoms with Crippen molar-refractivity contribution in [2.24, 2.45) is 5.92 Å². The monoisotopic (exact) mass is 219 g/mol. The summed E-state index contributed by atoms with van der Waals surface area (Å²) >= 11 is 5.58. The maximum absolute atomic E-state index is 11.6. The van der Waals surface area contributed by atoms with Crippen molar-refractivity contribution in [1.29, 1.82) is 0 Å². The molecule has 1 amide bonds. The van der Waals surface area contributed by atoms with Gasteiger partial charge in [-0.3, -0.25) is 4.79 Å². The highest BCUT2D eigenvalue weighted by atomic mass is 35.5. The molecule has 1 rings (SSSR count). The van der Waals surface area contributed by atoms with Crippen LogP contribution in [0.3, 0.4) is 0 Å². The molecule has 1 aliphatic heterocycles. The predicted octanol–water partition coefficient (Wildman–Crippen LogP) is 1.55. The Kier molecular flexibility index (Phi) is 5.26. The summed E-state index contributed by atoms with van der Waals surface area (Å²) in [6.45, 7) is 3.31. The molecule has 14 heavy (non-hydrogen) atoms. The standard InChI is InChI=1S/C10H18ClNO2/c1-8(3-2-5-11)12-10(13)9-4-6-14-7-9/h8-9H,2-7H2,1H3,(H,12,13). The van der Waals surface area contributed by atoms with Crippen LogP contribution in [0.15, 0.2) is 0 Å². The number of hydrogen-bond donors (Lipinski definition) is 1. The SMILES string of the molecule is CC(CCCCl)NC(=O)C1CCOC1. The number of nitrogens with one attached hydrogen (secondary N) is 1. The molecule has 1 N–H and O–H groups in total. The lowest BCUT2D eigenvalue weighted by Crippen LogP contribution is -2.37. The van der Waals surface area contributed by atoms with Crippen molar-refractivity contribution in [2.75, 3.05) is 19.1 Å². The van der Waals surface area contributed by atoms with Gasteiger partial charge >= 0.3 is 0 Å². The van der Waals surface area contributed by atoms with Gasteiger partial charge in [0.15, 0.2) is 0 Å². The fourth-order valence-electron chi connectivity index (χ4n) is 1.56. The molecule has 0 aliphatic carbocycles. The van der Waals surface area contributed by atoms with E-state index in [4.69, 9.17) is 16.3 Å². The number of halogens is 1.